The standard InChI is InChI=1S/C21H28N4O3/c1-18(16-25-11-5-10-22-25)23-12-8-21(9-13-23)17-24(20(26)28-21)14-15-27-19-6-3-2-4-7-19/h2-7,10-11,18H,8-9,12-17H2,1H3/t18-/m1/s1. The van der Waals surface area contributed by atoms with E-state index in [9.17, 15) is 4.79 Å². The van der Waals surface area contributed by atoms with Crippen molar-refractivity contribution >= 4 is 6.09 Å². The molecule has 1 aromatic heterocycles. The molecule has 2 aromatic rings. The van der Waals surface area contributed by atoms with Crippen LogP contribution in [0.5, 0.6) is 5.75 Å². The summed E-state index contributed by atoms with van der Waals surface area (Å²) in [6, 6.07) is 12.0. The number of carbonyl (C=O) groups is 1. The summed E-state index contributed by atoms with van der Waals surface area (Å²) in [5, 5.41) is 4.29. The van der Waals surface area contributed by atoms with Gasteiger partial charge in [0.25, 0.3) is 0 Å². The molecule has 0 bridgehead atoms. The monoisotopic (exact) mass is 384 g/mol. The second-order valence-electron chi connectivity index (χ2n) is 7.75. The minimum Gasteiger partial charge on any atom is -0.492 e. The summed E-state index contributed by atoms with van der Waals surface area (Å²) in [4.78, 5) is 16.6. The van der Waals surface area contributed by atoms with Gasteiger partial charge >= 0.3 is 6.09 Å². The zero-order valence-electron chi connectivity index (χ0n) is 16.4. The zero-order valence-corrected chi connectivity index (χ0v) is 16.4. The number of piperidine rings is 1. The van der Waals surface area contributed by atoms with Gasteiger partial charge in [0.1, 0.15) is 18.0 Å². The molecular weight excluding hydrogens is 356 g/mol. The Hall–Kier alpha value is -2.54. The lowest BCUT2D eigenvalue weighted by molar-refractivity contribution is -0.0102. The molecule has 2 aliphatic rings. The number of hydrogen-bond acceptors (Lipinski definition) is 5. The van der Waals surface area contributed by atoms with Crippen molar-refractivity contribution in [2.45, 2.75) is 38.0 Å². The number of nitrogens with zero attached hydrogens (tertiary/aromatic N) is 4. The minimum atomic E-state index is -0.342. The lowest BCUT2D eigenvalue weighted by atomic mass is 9.90. The highest BCUT2D eigenvalue weighted by molar-refractivity contribution is 5.70. The number of carbonyl (C=O) groups excluding carboxylic acids is 1. The van der Waals surface area contributed by atoms with E-state index in [0.717, 1.165) is 38.2 Å². The summed E-state index contributed by atoms with van der Waals surface area (Å²) in [6.07, 6.45) is 5.34. The highest BCUT2D eigenvalue weighted by atomic mass is 16.6. The lowest BCUT2D eigenvalue weighted by Crippen LogP contribution is -2.50. The first kappa shape index (κ1) is 18.8. The molecule has 0 aliphatic carbocycles. The first-order valence-corrected chi connectivity index (χ1v) is 10.0. The van der Waals surface area contributed by atoms with E-state index in [2.05, 4.69) is 16.9 Å². The van der Waals surface area contributed by atoms with Crippen LogP contribution in [0, 0.1) is 0 Å². The smallest absolute Gasteiger partial charge is 0.410 e. The number of benzene rings is 1. The van der Waals surface area contributed by atoms with Gasteiger partial charge in [-0.15, -0.1) is 0 Å². The van der Waals surface area contributed by atoms with E-state index < -0.39 is 0 Å². The van der Waals surface area contributed by atoms with Gasteiger partial charge in [-0.2, -0.15) is 5.10 Å². The Balaban J connectivity index is 1.24. The maximum Gasteiger partial charge on any atom is 0.410 e. The summed E-state index contributed by atoms with van der Waals surface area (Å²) in [7, 11) is 0. The van der Waals surface area contributed by atoms with Gasteiger partial charge in [0, 0.05) is 44.4 Å². The first-order valence-electron chi connectivity index (χ1n) is 10.0. The Morgan fingerprint density at radius 3 is 2.71 bits per heavy atom. The molecule has 2 aliphatic heterocycles. The van der Waals surface area contributed by atoms with E-state index in [-0.39, 0.29) is 11.7 Å². The molecule has 4 rings (SSSR count). The fraction of sp³-hybridized carbons (Fsp3) is 0.524. The van der Waals surface area contributed by atoms with Gasteiger partial charge < -0.3 is 14.4 Å². The zero-order chi connectivity index (χ0) is 19.4. The molecule has 7 heteroatoms. The van der Waals surface area contributed by atoms with E-state index in [0.29, 0.717) is 25.7 Å². The number of likely N-dealkylation sites (tertiary alicyclic amines) is 1. The Kier molecular flexibility index (Phi) is 5.52. The van der Waals surface area contributed by atoms with Crippen LogP contribution in [0.25, 0.3) is 0 Å². The van der Waals surface area contributed by atoms with Crippen molar-refractivity contribution in [2.24, 2.45) is 0 Å². The number of para-hydroxylation sites is 1. The molecule has 0 unspecified atom stereocenters. The van der Waals surface area contributed by atoms with Crippen LogP contribution in [0.15, 0.2) is 48.8 Å². The molecule has 1 amide bonds. The van der Waals surface area contributed by atoms with Crippen LogP contribution in [0.4, 0.5) is 4.79 Å². The average molecular weight is 384 g/mol. The van der Waals surface area contributed by atoms with Gasteiger partial charge in [-0.1, -0.05) is 18.2 Å². The third kappa shape index (κ3) is 4.30. The van der Waals surface area contributed by atoms with Crippen LogP contribution >= 0.6 is 0 Å². The van der Waals surface area contributed by atoms with Gasteiger partial charge in [-0.05, 0) is 25.1 Å². The SMILES string of the molecule is C[C@H](Cn1cccn1)N1CCC2(CC1)CN(CCOc1ccccc1)C(=O)O2. The predicted molar refractivity (Wildman–Crippen MR) is 105 cm³/mol. The van der Waals surface area contributed by atoms with E-state index in [1.165, 1.54) is 0 Å². The van der Waals surface area contributed by atoms with Crippen molar-refractivity contribution in [1.82, 2.24) is 19.6 Å². The molecule has 0 saturated carbocycles. The molecule has 3 heterocycles. The van der Waals surface area contributed by atoms with E-state index >= 15 is 0 Å². The van der Waals surface area contributed by atoms with E-state index in [1.54, 1.807) is 4.90 Å². The molecule has 2 saturated heterocycles. The summed E-state index contributed by atoms with van der Waals surface area (Å²) in [5.74, 6) is 0.823. The molecule has 0 radical (unpaired) electrons. The molecule has 0 N–H and O–H groups in total. The summed E-state index contributed by atoms with van der Waals surface area (Å²) >= 11 is 0. The molecule has 7 nitrogen and oxygen atoms in total. The number of rotatable bonds is 7. The van der Waals surface area contributed by atoms with E-state index in [4.69, 9.17) is 9.47 Å². The summed E-state index contributed by atoms with van der Waals surface area (Å²) in [5.41, 5.74) is -0.342. The summed E-state index contributed by atoms with van der Waals surface area (Å²) in [6.45, 7) is 6.66. The largest absolute Gasteiger partial charge is 0.492 e. The Bertz CT molecular complexity index is 757. The van der Waals surface area contributed by atoms with Crippen molar-refractivity contribution in [1.29, 1.82) is 0 Å². The highest BCUT2D eigenvalue weighted by Gasteiger charge is 2.47. The van der Waals surface area contributed by atoms with Crippen LogP contribution in [0.1, 0.15) is 19.8 Å². The van der Waals surface area contributed by atoms with Crippen molar-refractivity contribution in [3.05, 3.63) is 48.8 Å². The van der Waals surface area contributed by atoms with Crippen LogP contribution in [-0.4, -0.2) is 70.1 Å². The third-order valence-corrected chi connectivity index (χ3v) is 5.76. The van der Waals surface area contributed by atoms with Crippen molar-refractivity contribution in [3.8, 4) is 5.75 Å². The Labute approximate surface area is 165 Å². The molecule has 1 spiro atoms. The fourth-order valence-corrected chi connectivity index (χ4v) is 4.08. The normalized spacial score (nSPS) is 20.3. The maximum atomic E-state index is 12.3. The molecular formula is C21H28N4O3. The quantitative estimate of drug-likeness (QED) is 0.734. The maximum absolute atomic E-state index is 12.3. The number of amides is 1. The minimum absolute atomic E-state index is 0.213. The van der Waals surface area contributed by atoms with Gasteiger partial charge in [0.05, 0.1) is 19.6 Å². The van der Waals surface area contributed by atoms with Crippen molar-refractivity contribution in [3.63, 3.8) is 0 Å². The summed E-state index contributed by atoms with van der Waals surface area (Å²) < 4.78 is 13.5. The molecule has 1 atom stereocenters. The van der Waals surface area contributed by atoms with Crippen molar-refractivity contribution in [2.75, 3.05) is 32.8 Å². The Morgan fingerprint density at radius 1 is 1.21 bits per heavy atom. The molecule has 28 heavy (non-hydrogen) atoms. The Morgan fingerprint density at radius 2 is 2.00 bits per heavy atom. The lowest BCUT2D eigenvalue weighted by Gasteiger charge is -2.40. The number of ether oxygens (including phenoxy) is 2. The first-order chi connectivity index (χ1) is 13.6. The van der Waals surface area contributed by atoms with Gasteiger partial charge in [0.2, 0.25) is 0 Å². The number of hydrogen-bond donors (Lipinski definition) is 0. The second-order valence-corrected chi connectivity index (χ2v) is 7.75. The third-order valence-electron chi connectivity index (χ3n) is 5.76. The van der Waals surface area contributed by atoms with E-state index in [1.807, 2.05) is 53.5 Å². The average Bonchev–Trinajstić information content (AvgIpc) is 3.31. The van der Waals surface area contributed by atoms with Gasteiger partial charge in [0.15, 0.2) is 0 Å². The van der Waals surface area contributed by atoms with Crippen LogP contribution in [0.3, 0.4) is 0 Å². The second kappa shape index (κ2) is 8.22. The predicted octanol–water partition coefficient (Wildman–Crippen LogP) is 2.64. The van der Waals surface area contributed by atoms with Crippen LogP contribution in [-0.2, 0) is 11.3 Å². The highest BCUT2D eigenvalue weighted by Crippen LogP contribution is 2.33. The van der Waals surface area contributed by atoms with Gasteiger partial charge in [-0.3, -0.25) is 9.58 Å². The molecule has 150 valence electrons. The molecule has 2 fully saturated rings. The van der Waals surface area contributed by atoms with Crippen LogP contribution < -0.4 is 4.74 Å². The molecule has 1 aromatic carbocycles. The van der Waals surface area contributed by atoms with Crippen LogP contribution in [0.2, 0.25) is 0 Å². The van der Waals surface area contributed by atoms with Gasteiger partial charge in [-0.25, -0.2) is 4.79 Å². The fourth-order valence-electron chi connectivity index (χ4n) is 4.08. The topological polar surface area (TPSA) is 59.8 Å². The number of aromatic nitrogens is 2. The van der Waals surface area contributed by atoms with Crippen molar-refractivity contribution < 1.29 is 14.3 Å².